The normalized spacial score (nSPS) is 12.8. The summed E-state index contributed by atoms with van der Waals surface area (Å²) in [5, 5.41) is 2.52. The van der Waals surface area contributed by atoms with E-state index in [4.69, 9.17) is 4.74 Å². The molecule has 2 amide bonds. The number of hydrogen-bond acceptors (Lipinski definition) is 5. The zero-order chi connectivity index (χ0) is 25.7. The zero-order valence-electron chi connectivity index (χ0n) is 19.7. The maximum absolute atomic E-state index is 14.0. The molecule has 0 spiro atoms. The molecule has 2 heterocycles. The highest BCUT2D eigenvalue weighted by molar-refractivity contribution is 5.98. The average Bonchev–Trinajstić information content (AvgIpc) is 2.87. The Hall–Kier alpha value is -4.05. The van der Waals surface area contributed by atoms with Gasteiger partial charge in [0.25, 0.3) is 11.8 Å². The number of nitrogens with one attached hydrogen (secondary N) is 2. The summed E-state index contributed by atoms with van der Waals surface area (Å²) in [6.07, 6.45) is 2.00. The molecular formula is C26H26F2N4O4. The predicted molar refractivity (Wildman–Crippen MR) is 129 cm³/mol. The van der Waals surface area contributed by atoms with Crippen molar-refractivity contribution in [2.45, 2.75) is 19.4 Å². The molecule has 3 aromatic rings. The summed E-state index contributed by atoms with van der Waals surface area (Å²) in [4.78, 5) is 41.2. The number of aryl methyl sites for hydroxylation is 1. The van der Waals surface area contributed by atoms with Crippen molar-refractivity contribution < 1.29 is 23.1 Å². The Balaban J connectivity index is 1.66. The van der Waals surface area contributed by atoms with Gasteiger partial charge < -0.3 is 20.4 Å². The highest BCUT2D eigenvalue weighted by atomic mass is 19.1. The van der Waals surface area contributed by atoms with Crippen LogP contribution in [0.15, 0.2) is 59.5 Å². The number of carbonyl (C=O) groups is 2. The van der Waals surface area contributed by atoms with Crippen LogP contribution in [0.1, 0.15) is 37.5 Å². The molecule has 0 saturated carbocycles. The lowest BCUT2D eigenvalue weighted by molar-refractivity contribution is 0.0664. The maximum Gasteiger partial charge on any atom is 0.274 e. The Morgan fingerprint density at radius 2 is 1.89 bits per heavy atom. The van der Waals surface area contributed by atoms with Crippen LogP contribution >= 0.6 is 0 Å². The van der Waals surface area contributed by atoms with Crippen molar-refractivity contribution in [3.8, 4) is 0 Å². The van der Waals surface area contributed by atoms with E-state index in [9.17, 15) is 23.2 Å². The van der Waals surface area contributed by atoms with Gasteiger partial charge in [-0.2, -0.15) is 0 Å². The van der Waals surface area contributed by atoms with Gasteiger partial charge in [0.05, 0.1) is 6.61 Å². The molecule has 1 aromatic heterocycles. The molecular weight excluding hydrogens is 470 g/mol. The van der Waals surface area contributed by atoms with Gasteiger partial charge >= 0.3 is 0 Å². The minimum Gasteiger partial charge on any atom is -0.383 e. The highest BCUT2D eigenvalue weighted by Crippen LogP contribution is 2.17. The summed E-state index contributed by atoms with van der Waals surface area (Å²) in [6, 6.07) is 12.5. The molecule has 0 unspecified atom stereocenters. The lowest BCUT2D eigenvalue weighted by atomic mass is 9.99. The molecule has 1 aliphatic heterocycles. The summed E-state index contributed by atoms with van der Waals surface area (Å²) in [7, 11) is 1.54. The van der Waals surface area contributed by atoms with Crippen LogP contribution in [0.3, 0.4) is 0 Å². The van der Waals surface area contributed by atoms with Crippen molar-refractivity contribution in [3.63, 3.8) is 0 Å². The molecule has 8 nitrogen and oxygen atoms in total. The van der Waals surface area contributed by atoms with E-state index in [0.717, 1.165) is 17.7 Å². The van der Waals surface area contributed by atoms with Gasteiger partial charge in [0.1, 0.15) is 29.6 Å². The Morgan fingerprint density at radius 3 is 2.61 bits per heavy atom. The summed E-state index contributed by atoms with van der Waals surface area (Å²) in [6.45, 7) is 0.595. The van der Waals surface area contributed by atoms with Crippen molar-refractivity contribution >= 4 is 11.8 Å². The summed E-state index contributed by atoms with van der Waals surface area (Å²) >= 11 is 0. The molecule has 0 radical (unpaired) electrons. The summed E-state index contributed by atoms with van der Waals surface area (Å²) in [5.74, 6) is -2.60. The van der Waals surface area contributed by atoms with Crippen molar-refractivity contribution in [3.05, 3.63) is 105 Å². The number of pyridine rings is 1. The standard InChI is InChI=1S/C26H26F2N4O4/c1-36-12-11-31-16-30-32-15-21(25(34)29-14-18-8-9-19(27)13-22(18)28)24(33)20(23(32)26(31)35)10-7-17-5-3-2-4-6-17/h2-6,8-9,13,15,30H,7,10-12,14,16H2,1H3,(H,29,34). The Labute approximate surface area is 206 Å². The van der Waals surface area contributed by atoms with Crippen LogP contribution < -0.4 is 16.2 Å². The van der Waals surface area contributed by atoms with Crippen molar-refractivity contribution in [2.75, 3.05) is 32.4 Å². The van der Waals surface area contributed by atoms with Gasteiger partial charge in [-0.3, -0.25) is 19.1 Å². The first-order chi connectivity index (χ1) is 17.4. The molecule has 0 aliphatic carbocycles. The molecule has 0 fully saturated rings. The molecule has 0 atom stereocenters. The number of aromatic nitrogens is 1. The fourth-order valence-electron chi connectivity index (χ4n) is 4.03. The molecule has 1 aliphatic rings. The number of fused-ring (bicyclic) bond motifs is 1. The van der Waals surface area contributed by atoms with E-state index in [0.29, 0.717) is 19.6 Å². The first-order valence-electron chi connectivity index (χ1n) is 11.5. The van der Waals surface area contributed by atoms with E-state index < -0.39 is 23.0 Å². The number of benzene rings is 2. The second-order valence-electron chi connectivity index (χ2n) is 8.35. The molecule has 2 N–H and O–H groups in total. The highest BCUT2D eigenvalue weighted by Gasteiger charge is 2.30. The van der Waals surface area contributed by atoms with Gasteiger partial charge in [-0.15, -0.1) is 0 Å². The van der Waals surface area contributed by atoms with Crippen LogP contribution in [0.4, 0.5) is 8.78 Å². The van der Waals surface area contributed by atoms with Crippen molar-refractivity contribution in [1.82, 2.24) is 14.9 Å². The van der Waals surface area contributed by atoms with Gasteiger partial charge in [-0.05, 0) is 24.5 Å². The number of rotatable bonds is 9. The Morgan fingerprint density at radius 1 is 1.11 bits per heavy atom. The van der Waals surface area contributed by atoms with Crippen LogP contribution in [0.2, 0.25) is 0 Å². The van der Waals surface area contributed by atoms with Gasteiger partial charge in [-0.25, -0.2) is 8.78 Å². The fraction of sp³-hybridized carbons (Fsp3) is 0.269. The number of carbonyl (C=O) groups excluding carboxylic acids is 2. The Kier molecular flexibility index (Phi) is 7.74. The van der Waals surface area contributed by atoms with Crippen molar-refractivity contribution in [1.29, 1.82) is 0 Å². The number of amides is 2. The first kappa shape index (κ1) is 25.1. The van der Waals surface area contributed by atoms with Crippen LogP contribution in [-0.2, 0) is 24.1 Å². The average molecular weight is 497 g/mol. The number of halogens is 2. The summed E-state index contributed by atoms with van der Waals surface area (Å²) < 4.78 is 33.6. The third-order valence-corrected chi connectivity index (χ3v) is 6.00. The number of ether oxygens (including phenoxy) is 1. The van der Waals surface area contributed by atoms with Crippen LogP contribution in [-0.4, -0.2) is 48.3 Å². The lowest BCUT2D eigenvalue weighted by Crippen LogP contribution is -2.49. The first-order valence-corrected chi connectivity index (χ1v) is 11.5. The van der Waals surface area contributed by atoms with Gasteiger partial charge in [0.2, 0.25) is 0 Å². The smallest absolute Gasteiger partial charge is 0.274 e. The van der Waals surface area contributed by atoms with E-state index in [1.807, 2.05) is 30.3 Å². The van der Waals surface area contributed by atoms with E-state index in [1.54, 1.807) is 0 Å². The maximum atomic E-state index is 14.0. The van der Waals surface area contributed by atoms with Crippen LogP contribution in [0.5, 0.6) is 0 Å². The van der Waals surface area contributed by atoms with Crippen LogP contribution in [0, 0.1) is 11.6 Å². The molecule has 2 aromatic carbocycles. The molecule has 0 saturated heterocycles. The van der Waals surface area contributed by atoms with E-state index >= 15 is 0 Å². The van der Waals surface area contributed by atoms with E-state index in [2.05, 4.69) is 10.7 Å². The molecule has 4 rings (SSSR count). The largest absolute Gasteiger partial charge is 0.383 e. The third kappa shape index (κ3) is 5.44. The van der Waals surface area contributed by atoms with Gasteiger partial charge in [0, 0.05) is 43.6 Å². The second-order valence-corrected chi connectivity index (χ2v) is 8.35. The minimum atomic E-state index is -0.801. The minimum absolute atomic E-state index is 0.0780. The molecule has 0 bridgehead atoms. The van der Waals surface area contributed by atoms with E-state index in [-0.39, 0.29) is 47.9 Å². The predicted octanol–water partition coefficient (Wildman–Crippen LogP) is 2.44. The second kappa shape index (κ2) is 11.1. The SMILES string of the molecule is COCCN1CNn2cc(C(=O)NCc3ccc(F)cc3F)c(=O)c(CCc3ccccc3)c2C1=O. The van der Waals surface area contributed by atoms with Crippen molar-refractivity contribution in [2.24, 2.45) is 0 Å². The zero-order valence-corrected chi connectivity index (χ0v) is 19.7. The molecule has 188 valence electrons. The number of hydrogen-bond donors (Lipinski definition) is 2. The summed E-state index contributed by atoms with van der Waals surface area (Å²) in [5.41, 5.74) is 3.72. The Bertz CT molecular complexity index is 1330. The van der Waals surface area contributed by atoms with E-state index in [1.165, 1.54) is 28.9 Å². The molecule has 10 heteroatoms. The molecule has 36 heavy (non-hydrogen) atoms. The van der Waals surface area contributed by atoms with Gasteiger partial charge in [-0.1, -0.05) is 36.4 Å². The lowest BCUT2D eigenvalue weighted by Gasteiger charge is -2.32. The topological polar surface area (TPSA) is 92.7 Å². The third-order valence-electron chi connectivity index (χ3n) is 6.00. The fourth-order valence-corrected chi connectivity index (χ4v) is 4.03. The monoisotopic (exact) mass is 496 g/mol. The quantitative estimate of drug-likeness (QED) is 0.475. The number of nitrogens with zero attached hydrogens (tertiary/aromatic N) is 2. The number of methoxy groups -OCH3 is 1. The van der Waals surface area contributed by atoms with Gasteiger partial charge in [0.15, 0.2) is 5.43 Å². The van der Waals surface area contributed by atoms with Crippen LogP contribution in [0.25, 0.3) is 0 Å².